The number of nitriles is 1. The van der Waals surface area contributed by atoms with E-state index in [2.05, 4.69) is 5.32 Å². The average Bonchev–Trinajstić information content (AvgIpc) is 2.98. The third-order valence-electron chi connectivity index (χ3n) is 3.31. The van der Waals surface area contributed by atoms with Crippen molar-refractivity contribution in [2.75, 3.05) is 11.9 Å². The van der Waals surface area contributed by atoms with Crippen molar-refractivity contribution in [3.63, 3.8) is 0 Å². The number of fused-ring (bicyclic) bond motifs is 1. The Morgan fingerprint density at radius 3 is 2.54 bits per heavy atom. The van der Waals surface area contributed by atoms with Crippen LogP contribution < -0.4 is 5.32 Å². The summed E-state index contributed by atoms with van der Waals surface area (Å²) < 4.78 is 10.3. The quantitative estimate of drug-likeness (QED) is 0.746. The van der Waals surface area contributed by atoms with E-state index >= 15 is 0 Å². The van der Waals surface area contributed by atoms with Crippen molar-refractivity contribution in [3.8, 4) is 6.07 Å². The molecule has 0 unspecified atom stereocenters. The number of benzene rings is 2. The molecule has 3 rings (SSSR count). The van der Waals surface area contributed by atoms with Crippen LogP contribution in [0.25, 0.3) is 11.0 Å². The molecule has 0 fully saturated rings. The van der Waals surface area contributed by atoms with Crippen molar-refractivity contribution in [2.45, 2.75) is 0 Å². The Bertz CT molecular complexity index is 939. The molecular formula is C18H12N2O4. The predicted molar refractivity (Wildman–Crippen MR) is 86.3 cm³/mol. The second kappa shape index (κ2) is 6.67. The van der Waals surface area contributed by atoms with Crippen LogP contribution >= 0.6 is 0 Å². The van der Waals surface area contributed by atoms with Crippen LogP contribution in [0.5, 0.6) is 0 Å². The monoisotopic (exact) mass is 320 g/mol. The molecule has 6 heteroatoms. The maximum absolute atomic E-state index is 12.0. The standard InChI is InChI=1S/C18H12N2O4/c19-10-15-17(13-8-4-5-9-14(13)24-15)20-16(21)11-23-18(22)12-6-2-1-3-7-12/h1-9H,11H2,(H,20,21). The van der Waals surface area contributed by atoms with Gasteiger partial charge in [0, 0.05) is 5.39 Å². The van der Waals surface area contributed by atoms with Crippen LogP contribution in [0.15, 0.2) is 59.0 Å². The molecule has 1 heterocycles. The van der Waals surface area contributed by atoms with Gasteiger partial charge < -0.3 is 14.5 Å². The highest BCUT2D eigenvalue weighted by Crippen LogP contribution is 2.30. The molecule has 118 valence electrons. The molecule has 2 aromatic carbocycles. The number of para-hydroxylation sites is 1. The Kier molecular flexibility index (Phi) is 4.25. The van der Waals surface area contributed by atoms with Gasteiger partial charge in [0.15, 0.2) is 6.61 Å². The number of hydrogen-bond acceptors (Lipinski definition) is 5. The summed E-state index contributed by atoms with van der Waals surface area (Å²) in [4.78, 5) is 23.8. The molecule has 0 bridgehead atoms. The lowest BCUT2D eigenvalue weighted by atomic mass is 10.2. The van der Waals surface area contributed by atoms with Crippen LogP contribution in [0.1, 0.15) is 16.1 Å². The van der Waals surface area contributed by atoms with Crippen LogP contribution in [0.3, 0.4) is 0 Å². The van der Waals surface area contributed by atoms with Gasteiger partial charge >= 0.3 is 5.97 Å². The average molecular weight is 320 g/mol. The van der Waals surface area contributed by atoms with E-state index < -0.39 is 18.5 Å². The number of esters is 1. The second-order valence-corrected chi connectivity index (χ2v) is 4.90. The molecule has 0 aliphatic heterocycles. The highest BCUT2D eigenvalue weighted by molar-refractivity contribution is 6.03. The largest absolute Gasteiger partial charge is 0.452 e. The summed E-state index contributed by atoms with van der Waals surface area (Å²) in [6.07, 6.45) is 0. The number of furan rings is 1. The Morgan fingerprint density at radius 2 is 1.79 bits per heavy atom. The number of hydrogen-bond donors (Lipinski definition) is 1. The van der Waals surface area contributed by atoms with Gasteiger partial charge in [-0.15, -0.1) is 0 Å². The minimum absolute atomic E-state index is 0.000985. The minimum atomic E-state index is -0.594. The second-order valence-electron chi connectivity index (χ2n) is 4.90. The number of ether oxygens (including phenoxy) is 1. The molecular weight excluding hydrogens is 308 g/mol. The van der Waals surface area contributed by atoms with E-state index in [-0.39, 0.29) is 11.4 Å². The lowest BCUT2D eigenvalue weighted by Gasteiger charge is -2.05. The first-order valence-electron chi connectivity index (χ1n) is 7.12. The summed E-state index contributed by atoms with van der Waals surface area (Å²) in [7, 11) is 0. The zero-order valence-corrected chi connectivity index (χ0v) is 12.5. The van der Waals surface area contributed by atoms with Crippen molar-refractivity contribution < 1.29 is 18.7 Å². The Hall–Kier alpha value is -3.59. The normalized spacial score (nSPS) is 10.1. The number of nitrogens with one attached hydrogen (secondary N) is 1. The summed E-state index contributed by atoms with van der Waals surface area (Å²) in [5, 5.41) is 12.3. The third-order valence-corrected chi connectivity index (χ3v) is 3.31. The topological polar surface area (TPSA) is 92.3 Å². The van der Waals surface area contributed by atoms with Crippen molar-refractivity contribution in [1.29, 1.82) is 5.26 Å². The van der Waals surface area contributed by atoms with Gasteiger partial charge in [0.1, 0.15) is 17.3 Å². The van der Waals surface area contributed by atoms with E-state index in [9.17, 15) is 9.59 Å². The van der Waals surface area contributed by atoms with E-state index in [1.165, 1.54) is 0 Å². The highest BCUT2D eigenvalue weighted by Gasteiger charge is 2.17. The molecule has 0 spiro atoms. The van der Waals surface area contributed by atoms with Gasteiger partial charge in [-0.3, -0.25) is 4.79 Å². The van der Waals surface area contributed by atoms with Gasteiger partial charge in [0.2, 0.25) is 5.76 Å². The van der Waals surface area contributed by atoms with E-state index in [0.717, 1.165) is 0 Å². The Morgan fingerprint density at radius 1 is 1.08 bits per heavy atom. The van der Waals surface area contributed by atoms with E-state index in [0.29, 0.717) is 16.5 Å². The summed E-state index contributed by atoms with van der Waals surface area (Å²) >= 11 is 0. The molecule has 1 N–H and O–H groups in total. The highest BCUT2D eigenvalue weighted by atomic mass is 16.5. The maximum Gasteiger partial charge on any atom is 0.338 e. The molecule has 0 saturated carbocycles. The summed E-state index contributed by atoms with van der Waals surface area (Å²) in [6, 6.07) is 17.2. The van der Waals surface area contributed by atoms with Crippen molar-refractivity contribution >= 4 is 28.5 Å². The van der Waals surface area contributed by atoms with Crippen LogP contribution in [0.2, 0.25) is 0 Å². The van der Waals surface area contributed by atoms with Crippen LogP contribution in [-0.2, 0) is 9.53 Å². The third kappa shape index (κ3) is 3.10. The lowest BCUT2D eigenvalue weighted by Crippen LogP contribution is -2.21. The first kappa shape index (κ1) is 15.3. The van der Waals surface area contributed by atoms with Crippen LogP contribution in [0, 0.1) is 11.3 Å². The van der Waals surface area contributed by atoms with Gasteiger partial charge in [-0.1, -0.05) is 30.3 Å². The lowest BCUT2D eigenvalue weighted by molar-refractivity contribution is -0.119. The number of carbonyl (C=O) groups excluding carboxylic acids is 2. The fourth-order valence-electron chi connectivity index (χ4n) is 2.21. The van der Waals surface area contributed by atoms with E-state index in [4.69, 9.17) is 14.4 Å². The first-order chi connectivity index (χ1) is 11.7. The SMILES string of the molecule is N#Cc1oc2ccccc2c1NC(=O)COC(=O)c1ccccc1. The molecule has 3 aromatic rings. The molecule has 0 saturated heterocycles. The fourth-order valence-corrected chi connectivity index (χ4v) is 2.21. The smallest absolute Gasteiger partial charge is 0.338 e. The Balaban J connectivity index is 1.70. The number of nitrogens with zero attached hydrogens (tertiary/aromatic N) is 1. The fraction of sp³-hybridized carbons (Fsp3) is 0.0556. The zero-order valence-electron chi connectivity index (χ0n) is 12.5. The van der Waals surface area contributed by atoms with E-state index in [1.807, 2.05) is 6.07 Å². The summed E-state index contributed by atoms with van der Waals surface area (Å²) in [5.41, 5.74) is 1.12. The molecule has 6 nitrogen and oxygen atoms in total. The molecule has 0 radical (unpaired) electrons. The number of amides is 1. The summed E-state index contributed by atoms with van der Waals surface area (Å²) in [5.74, 6) is -1.15. The molecule has 1 aromatic heterocycles. The van der Waals surface area contributed by atoms with Gasteiger partial charge in [-0.25, -0.2) is 4.79 Å². The van der Waals surface area contributed by atoms with Gasteiger partial charge in [-0.2, -0.15) is 5.26 Å². The molecule has 0 aliphatic rings. The van der Waals surface area contributed by atoms with Crippen LogP contribution in [0.4, 0.5) is 5.69 Å². The van der Waals surface area contributed by atoms with Gasteiger partial charge in [0.25, 0.3) is 5.91 Å². The summed E-state index contributed by atoms with van der Waals surface area (Å²) in [6.45, 7) is -0.460. The van der Waals surface area contributed by atoms with Gasteiger partial charge in [0.05, 0.1) is 5.56 Å². The van der Waals surface area contributed by atoms with Crippen LogP contribution in [-0.4, -0.2) is 18.5 Å². The van der Waals surface area contributed by atoms with Crippen molar-refractivity contribution in [3.05, 3.63) is 65.9 Å². The number of anilines is 1. The Labute approximate surface area is 137 Å². The minimum Gasteiger partial charge on any atom is -0.452 e. The number of rotatable bonds is 4. The number of carbonyl (C=O) groups is 2. The molecule has 0 atom stereocenters. The van der Waals surface area contributed by atoms with E-state index in [1.54, 1.807) is 54.6 Å². The maximum atomic E-state index is 12.0. The predicted octanol–water partition coefficient (Wildman–Crippen LogP) is 3.10. The van der Waals surface area contributed by atoms with Crippen molar-refractivity contribution in [2.24, 2.45) is 0 Å². The molecule has 1 amide bonds. The first-order valence-corrected chi connectivity index (χ1v) is 7.12. The zero-order chi connectivity index (χ0) is 16.9. The molecule has 0 aliphatic carbocycles. The van der Waals surface area contributed by atoms with Crippen molar-refractivity contribution in [1.82, 2.24) is 0 Å². The van der Waals surface area contributed by atoms with Gasteiger partial charge in [-0.05, 0) is 24.3 Å². The molecule has 24 heavy (non-hydrogen) atoms.